The summed E-state index contributed by atoms with van der Waals surface area (Å²) in [6.45, 7) is 7.93. The van der Waals surface area contributed by atoms with Gasteiger partial charge in [0.15, 0.2) is 23.0 Å². The first-order chi connectivity index (χ1) is 11.8. The molecule has 0 atom stereocenters. The third kappa shape index (κ3) is 5.32. The van der Waals surface area contributed by atoms with Crippen molar-refractivity contribution in [2.24, 2.45) is 0 Å². The zero-order chi connectivity index (χ0) is 18.4. The highest BCUT2D eigenvalue weighted by Gasteiger charge is 2.00. The van der Waals surface area contributed by atoms with Gasteiger partial charge in [0.05, 0.1) is 0 Å². The number of phenols is 4. The molecule has 0 radical (unpaired) electrons. The summed E-state index contributed by atoms with van der Waals surface area (Å²) in [6.07, 6.45) is 7.77. The smallest absolute Gasteiger partial charge is 0.157 e. The van der Waals surface area contributed by atoms with Crippen LogP contribution in [0.5, 0.6) is 23.0 Å². The van der Waals surface area contributed by atoms with Crippen molar-refractivity contribution in [3.63, 3.8) is 0 Å². The van der Waals surface area contributed by atoms with Gasteiger partial charge < -0.3 is 20.4 Å². The molecule has 4 heteroatoms. The highest BCUT2D eigenvalue weighted by atomic mass is 16.3. The summed E-state index contributed by atoms with van der Waals surface area (Å²) >= 11 is 0. The van der Waals surface area contributed by atoms with Gasteiger partial charge in [-0.2, -0.15) is 0 Å². The average molecular weight is 336 g/mol. The minimum Gasteiger partial charge on any atom is -0.504 e. The van der Waals surface area contributed by atoms with Gasteiger partial charge in [-0.25, -0.2) is 0 Å². The van der Waals surface area contributed by atoms with E-state index in [1.54, 1.807) is 24.3 Å². The molecule has 0 aliphatic rings. The van der Waals surface area contributed by atoms with Gasteiger partial charge in [0.2, 0.25) is 0 Å². The number of rotatable bonds is 6. The SMILES string of the molecule is C=C(/C=C/c1ccc(O)c(O)c1)CC(=C)/C=C/c1ccc(O)c(O)c1. The van der Waals surface area contributed by atoms with Crippen LogP contribution in [0.2, 0.25) is 0 Å². The maximum Gasteiger partial charge on any atom is 0.157 e. The molecule has 25 heavy (non-hydrogen) atoms. The fraction of sp³-hybridized carbons (Fsp3) is 0.0476. The van der Waals surface area contributed by atoms with Crippen molar-refractivity contribution in [3.8, 4) is 23.0 Å². The summed E-state index contributed by atoms with van der Waals surface area (Å²) in [5.74, 6) is -0.654. The Morgan fingerprint density at radius 1 is 0.680 bits per heavy atom. The van der Waals surface area contributed by atoms with Crippen molar-refractivity contribution >= 4 is 12.2 Å². The van der Waals surface area contributed by atoms with E-state index in [1.807, 2.05) is 12.2 Å². The van der Waals surface area contributed by atoms with Crippen molar-refractivity contribution in [2.75, 3.05) is 0 Å². The highest BCUT2D eigenvalue weighted by Crippen LogP contribution is 2.27. The van der Waals surface area contributed by atoms with Gasteiger partial charge in [0, 0.05) is 0 Å². The molecule has 0 heterocycles. The second-order valence-electron chi connectivity index (χ2n) is 5.66. The second-order valence-corrected chi connectivity index (χ2v) is 5.66. The van der Waals surface area contributed by atoms with E-state index < -0.39 is 0 Å². The summed E-state index contributed by atoms with van der Waals surface area (Å²) in [7, 11) is 0. The zero-order valence-electron chi connectivity index (χ0n) is 13.7. The van der Waals surface area contributed by atoms with Gasteiger partial charge in [-0.1, -0.05) is 60.7 Å². The average Bonchev–Trinajstić information content (AvgIpc) is 2.57. The minimum absolute atomic E-state index is 0.158. The first-order valence-corrected chi connectivity index (χ1v) is 7.61. The molecule has 0 saturated carbocycles. The second kappa shape index (κ2) is 7.93. The van der Waals surface area contributed by atoms with Crippen molar-refractivity contribution in [2.45, 2.75) is 6.42 Å². The van der Waals surface area contributed by atoms with Crippen LogP contribution in [0.4, 0.5) is 0 Å². The molecule has 4 nitrogen and oxygen atoms in total. The Hall–Kier alpha value is -3.40. The third-order valence-corrected chi connectivity index (χ3v) is 3.48. The summed E-state index contributed by atoms with van der Waals surface area (Å²) in [5, 5.41) is 37.5. The quantitative estimate of drug-likeness (QED) is 0.454. The van der Waals surface area contributed by atoms with Crippen LogP contribution in [0.25, 0.3) is 12.2 Å². The topological polar surface area (TPSA) is 80.9 Å². The Bertz CT molecular complexity index is 789. The predicted octanol–water partition coefficient (Wildman–Crippen LogP) is 4.74. The summed E-state index contributed by atoms with van der Waals surface area (Å²) in [5.41, 5.74) is 3.15. The molecule has 0 spiro atoms. The lowest BCUT2D eigenvalue weighted by Crippen LogP contribution is -1.81. The molecule has 2 rings (SSSR count). The molecule has 0 bridgehead atoms. The largest absolute Gasteiger partial charge is 0.504 e. The van der Waals surface area contributed by atoms with Gasteiger partial charge in [0.25, 0.3) is 0 Å². The molecule has 0 aromatic heterocycles. The molecule has 128 valence electrons. The Balaban J connectivity index is 1.94. The molecule has 0 unspecified atom stereocenters. The summed E-state index contributed by atoms with van der Waals surface area (Å²) in [6, 6.07) is 9.14. The molecular weight excluding hydrogens is 316 g/mol. The van der Waals surface area contributed by atoms with Gasteiger partial charge in [-0.15, -0.1) is 0 Å². The van der Waals surface area contributed by atoms with Crippen molar-refractivity contribution in [1.82, 2.24) is 0 Å². The number of aromatic hydroxyl groups is 4. The maximum atomic E-state index is 9.46. The molecule has 2 aromatic carbocycles. The zero-order valence-corrected chi connectivity index (χ0v) is 13.7. The van der Waals surface area contributed by atoms with Gasteiger partial charge in [-0.3, -0.25) is 0 Å². The Labute approximate surface area is 146 Å². The van der Waals surface area contributed by atoms with Gasteiger partial charge >= 0.3 is 0 Å². The lowest BCUT2D eigenvalue weighted by atomic mass is 10.0. The number of hydrogen-bond acceptors (Lipinski definition) is 4. The van der Waals surface area contributed by atoms with Crippen LogP contribution in [-0.4, -0.2) is 20.4 Å². The fourth-order valence-corrected chi connectivity index (χ4v) is 2.13. The maximum absolute atomic E-state index is 9.46. The number of benzene rings is 2. The lowest BCUT2D eigenvalue weighted by molar-refractivity contribution is 0.403. The van der Waals surface area contributed by atoms with Crippen molar-refractivity contribution in [1.29, 1.82) is 0 Å². The molecule has 4 N–H and O–H groups in total. The normalized spacial score (nSPS) is 11.2. The van der Waals surface area contributed by atoms with Crippen LogP contribution in [0.15, 0.2) is 72.9 Å². The van der Waals surface area contributed by atoms with Crippen LogP contribution < -0.4 is 0 Å². The number of hydrogen-bond donors (Lipinski definition) is 4. The number of allylic oxidation sites excluding steroid dienone is 4. The van der Waals surface area contributed by atoms with E-state index in [1.165, 1.54) is 24.3 Å². The van der Waals surface area contributed by atoms with Crippen LogP contribution in [0.3, 0.4) is 0 Å². The van der Waals surface area contributed by atoms with E-state index in [9.17, 15) is 20.4 Å². The van der Waals surface area contributed by atoms with E-state index in [4.69, 9.17) is 0 Å². The van der Waals surface area contributed by atoms with Gasteiger partial charge in [0.1, 0.15) is 0 Å². The van der Waals surface area contributed by atoms with E-state index in [2.05, 4.69) is 13.2 Å². The molecule has 0 saturated heterocycles. The molecule has 2 aromatic rings. The number of phenolic OH excluding ortho intramolecular Hbond substituents is 4. The lowest BCUT2D eigenvalue weighted by Gasteiger charge is -2.02. The van der Waals surface area contributed by atoms with E-state index in [0.29, 0.717) is 6.42 Å². The Kier molecular flexibility index (Phi) is 5.69. The van der Waals surface area contributed by atoms with E-state index >= 15 is 0 Å². The van der Waals surface area contributed by atoms with Crippen LogP contribution in [0, 0.1) is 0 Å². The summed E-state index contributed by atoms with van der Waals surface area (Å²) < 4.78 is 0. The molecule has 0 aliphatic heterocycles. The Morgan fingerprint density at radius 3 is 1.44 bits per heavy atom. The molecule has 0 amide bonds. The first kappa shape index (κ1) is 17.9. The van der Waals surface area contributed by atoms with Crippen molar-refractivity contribution in [3.05, 3.63) is 84.0 Å². The standard InChI is InChI=1S/C21H20O4/c1-14(3-5-16-7-9-18(22)20(24)12-16)11-15(2)4-6-17-8-10-19(23)21(25)13-17/h3-10,12-13,22-25H,1-2,11H2/b5-3+,6-4+. The van der Waals surface area contributed by atoms with Crippen LogP contribution in [0.1, 0.15) is 17.5 Å². The molecular formula is C21H20O4. The van der Waals surface area contributed by atoms with Crippen molar-refractivity contribution < 1.29 is 20.4 Å². The van der Waals surface area contributed by atoms with Crippen LogP contribution in [-0.2, 0) is 0 Å². The van der Waals surface area contributed by atoms with Gasteiger partial charge in [-0.05, 0) is 41.8 Å². The third-order valence-electron chi connectivity index (χ3n) is 3.48. The predicted molar refractivity (Wildman–Crippen MR) is 101 cm³/mol. The fourth-order valence-electron chi connectivity index (χ4n) is 2.13. The Morgan fingerprint density at radius 2 is 1.08 bits per heavy atom. The molecule has 0 fully saturated rings. The minimum atomic E-state index is -0.169. The monoisotopic (exact) mass is 336 g/mol. The van der Waals surface area contributed by atoms with E-state index in [0.717, 1.165) is 22.3 Å². The first-order valence-electron chi connectivity index (χ1n) is 7.61. The van der Waals surface area contributed by atoms with E-state index in [-0.39, 0.29) is 23.0 Å². The molecule has 0 aliphatic carbocycles. The van der Waals surface area contributed by atoms with Crippen LogP contribution >= 0.6 is 0 Å². The highest BCUT2D eigenvalue weighted by molar-refractivity contribution is 5.59. The summed E-state index contributed by atoms with van der Waals surface area (Å²) in [4.78, 5) is 0.